The number of hydrogen-bond acceptors (Lipinski definition) is 2. The van der Waals surface area contributed by atoms with E-state index in [0.717, 1.165) is 38.6 Å². The largest absolute Gasteiger partial charge is 0.357 e. The van der Waals surface area contributed by atoms with Crippen LogP contribution in [-0.2, 0) is 0 Å². The van der Waals surface area contributed by atoms with Gasteiger partial charge in [0.05, 0.1) is 0 Å². The topological polar surface area (TPSA) is 39.7 Å². The van der Waals surface area contributed by atoms with E-state index in [1.54, 1.807) is 0 Å². The standard InChI is InChI=1S/C12H28N4/c1-6-8-14-12(13-7-2)15-9-10-16(5)11(3)4/h11H,6-10H2,1-5H3,(H2,13,14,15). The van der Waals surface area contributed by atoms with Gasteiger partial charge in [0.15, 0.2) is 5.96 Å². The minimum Gasteiger partial charge on any atom is -0.357 e. The SMILES string of the molecule is CCCN=C(NCC)NCCN(C)C(C)C. The third-order valence-electron chi connectivity index (χ3n) is 2.48. The first kappa shape index (κ1) is 15.2. The van der Waals surface area contributed by atoms with Crippen molar-refractivity contribution in [1.29, 1.82) is 0 Å². The van der Waals surface area contributed by atoms with Gasteiger partial charge in [-0.1, -0.05) is 6.92 Å². The summed E-state index contributed by atoms with van der Waals surface area (Å²) in [6, 6.07) is 0.594. The lowest BCUT2D eigenvalue weighted by molar-refractivity contribution is 0.278. The number of rotatable bonds is 7. The molecule has 0 aromatic heterocycles. The molecule has 0 radical (unpaired) electrons. The molecule has 0 saturated carbocycles. The van der Waals surface area contributed by atoms with Crippen LogP contribution in [0.3, 0.4) is 0 Å². The van der Waals surface area contributed by atoms with E-state index in [1.807, 2.05) is 0 Å². The fourth-order valence-corrected chi connectivity index (χ4v) is 1.17. The van der Waals surface area contributed by atoms with Gasteiger partial charge in [-0.2, -0.15) is 0 Å². The van der Waals surface area contributed by atoms with E-state index < -0.39 is 0 Å². The van der Waals surface area contributed by atoms with Gasteiger partial charge in [-0.05, 0) is 34.2 Å². The van der Waals surface area contributed by atoms with Gasteiger partial charge >= 0.3 is 0 Å². The number of aliphatic imine (C=N–C) groups is 1. The Balaban J connectivity index is 3.84. The van der Waals surface area contributed by atoms with Gasteiger partial charge in [0.2, 0.25) is 0 Å². The zero-order valence-electron chi connectivity index (χ0n) is 11.5. The summed E-state index contributed by atoms with van der Waals surface area (Å²) in [7, 11) is 2.14. The van der Waals surface area contributed by atoms with Crippen LogP contribution in [0.25, 0.3) is 0 Å². The van der Waals surface area contributed by atoms with Crippen molar-refractivity contribution in [2.24, 2.45) is 4.99 Å². The second kappa shape index (κ2) is 9.46. The number of guanidine groups is 1. The zero-order chi connectivity index (χ0) is 12.4. The van der Waals surface area contributed by atoms with Crippen molar-refractivity contribution >= 4 is 5.96 Å². The Hall–Kier alpha value is -0.770. The highest BCUT2D eigenvalue weighted by molar-refractivity contribution is 5.79. The van der Waals surface area contributed by atoms with Crippen molar-refractivity contribution in [3.8, 4) is 0 Å². The second-order valence-electron chi connectivity index (χ2n) is 4.26. The lowest BCUT2D eigenvalue weighted by Crippen LogP contribution is -2.42. The van der Waals surface area contributed by atoms with Crippen LogP contribution in [-0.4, -0.2) is 50.1 Å². The minimum atomic E-state index is 0.594. The van der Waals surface area contributed by atoms with Crippen molar-refractivity contribution in [3.63, 3.8) is 0 Å². The molecule has 0 aliphatic heterocycles. The summed E-state index contributed by atoms with van der Waals surface area (Å²) in [5, 5.41) is 6.58. The predicted octanol–water partition coefficient (Wildman–Crippen LogP) is 1.29. The third kappa shape index (κ3) is 7.51. The normalized spacial score (nSPS) is 12.3. The molecule has 2 N–H and O–H groups in total. The molecule has 96 valence electrons. The molecule has 0 atom stereocenters. The zero-order valence-corrected chi connectivity index (χ0v) is 11.5. The fourth-order valence-electron chi connectivity index (χ4n) is 1.17. The van der Waals surface area contributed by atoms with Crippen LogP contribution < -0.4 is 10.6 Å². The maximum absolute atomic E-state index is 4.45. The maximum atomic E-state index is 4.45. The molecule has 0 aliphatic carbocycles. The maximum Gasteiger partial charge on any atom is 0.191 e. The lowest BCUT2D eigenvalue weighted by Gasteiger charge is -2.21. The summed E-state index contributed by atoms with van der Waals surface area (Å²) < 4.78 is 0. The summed E-state index contributed by atoms with van der Waals surface area (Å²) in [6.45, 7) is 12.4. The van der Waals surface area contributed by atoms with E-state index in [4.69, 9.17) is 0 Å². The van der Waals surface area contributed by atoms with Crippen LogP contribution >= 0.6 is 0 Å². The molecule has 0 spiro atoms. The van der Waals surface area contributed by atoms with E-state index in [2.05, 4.69) is 55.3 Å². The molecular formula is C12H28N4. The average Bonchev–Trinajstić information content (AvgIpc) is 2.25. The van der Waals surface area contributed by atoms with Crippen LogP contribution in [0.1, 0.15) is 34.1 Å². The molecule has 0 unspecified atom stereocenters. The quantitative estimate of drug-likeness (QED) is 0.509. The molecule has 0 aromatic carbocycles. The third-order valence-corrected chi connectivity index (χ3v) is 2.48. The van der Waals surface area contributed by atoms with Gasteiger partial charge < -0.3 is 15.5 Å². The molecular weight excluding hydrogens is 200 g/mol. The van der Waals surface area contributed by atoms with Gasteiger partial charge in [0.25, 0.3) is 0 Å². The van der Waals surface area contributed by atoms with E-state index in [1.165, 1.54) is 0 Å². The molecule has 0 fully saturated rings. The number of nitrogens with zero attached hydrogens (tertiary/aromatic N) is 2. The molecule has 16 heavy (non-hydrogen) atoms. The monoisotopic (exact) mass is 228 g/mol. The van der Waals surface area contributed by atoms with Crippen molar-refractivity contribution in [2.75, 3.05) is 33.2 Å². The average molecular weight is 228 g/mol. The Morgan fingerprint density at radius 1 is 1.25 bits per heavy atom. The molecule has 0 bridgehead atoms. The van der Waals surface area contributed by atoms with Crippen LogP contribution in [0.4, 0.5) is 0 Å². The number of hydrogen-bond donors (Lipinski definition) is 2. The van der Waals surface area contributed by atoms with Crippen molar-refractivity contribution < 1.29 is 0 Å². The predicted molar refractivity (Wildman–Crippen MR) is 72.0 cm³/mol. The van der Waals surface area contributed by atoms with Crippen molar-refractivity contribution in [1.82, 2.24) is 15.5 Å². The van der Waals surface area contributed by atoms with E-state index in [9.17, 15) is 0 Å². The first-order chi connectivity index (χ1) is 7.61. The first-order valence-corrected chi connectivity index (χ1v) is 6.34. The van der Waals surface area contributed by atoms with Crippen molar-refractivity contribution in [2.45, 2.75) is 40.2 Å². The van der Waals surface area contributed by atoms with E-state index >= 15 is 0 Å². The van der Waals surface area contributed by atoms with Gasteiger partial charge in [-0.25, -0.2) is 0 Å². The Labute approximate surface area is 101 Å². The van der Waals surface area contributed by atoms with Crippen LogP contribution in [0.5, 0.6) is 0 Å². The molecule has 4 nitrogen and oxygen atoms in total. The second-order valence-corrected chi connectivity index (χ2v) is 4.26. The Morgan fingerprint density at radius 3 is 2.44 bits per heavy atom. The molecule has 0 aliphatic rings. The van der Waals surface area contributed by atoms with E-state index in [0.29, 0.717) is 6.04 Å². The van der Waals surface area contributed by atoms with Gasteiger partial charge in [0, 0.05) is 32.2 Å². The Kier molecular flexibility index (Phi) is 9.00. The molecule has 0 aromatic rings. The smallest absolute Gasteiger partial charge is 0.191 e. The summed E-state index contributed by atoms with van der Waals surface area (Å²) in [5.41, 5.74) is 0. The Morgan fingerprint density at radius 2 is 1.94 bits per heavy atom. The van der Waals surface area contributed by atoms with E-state index in [-0.39, 0.29) is 0 Å². The molecule has 0 saturated heterocycles. The summed E-state index contributed by atoms with van der Waals surface area (Å²) in [5.74, 6) is 0.932. The van der Waals surface area contributed by atoms with Crippen LogP contribution in [0, 0.1) is 0 Å². The summed E-state index contributed by atoms with van der Waals surface area (Å²) >= 11 is 0. The van der Waals surface area contributed by atoms with Crippen LogP contribution in [0.2, 0.25) is 0 Å². The molecule has 0 rings (SSSR count). The molecule has 0 heterocycles. The molecule has 0 amide bonds. The minimum absolute atomic E-state index is 0.594. The highest BCUT2D eigenvalue weighted by Crippen LogP contribution is 1.90. The fraction of sp³-hybridized carbons (Fsp3) is 0.917. The summed E-state index contributed by atoms with van der Waals surface area (Å²) in [4.78, 5) is 6.77. The number of nitrogens with one attached hydrogen (secondary N) is 2. The highest BCUT2D eigenvalue weighted by atomic mass is 15.2. The lowest BCUT2D eigenvalue weighted by atomic mass is 10.3. The summed E-state index contributed by atoms with van der Waals surface area (Å²) in [6.07, 6.45) is 1.09. The van der Waals surface area contributed by atoms with Crippen molar-refractivity contribution in [3.05, 3.63) is 0 Å². The van der Waals surface area contributed by atoms with Crippen LogP contribution in [0.15, 0.2) is 4.99 Å². The highest BCUT2D eigenvalue weighted by Gasteiger charge is 2.02. The molecule has 4 heteroatoms. The van der Waals surface area contributed by atoms with Gasteiger partial charge in [-0.15, -0.1) is 0 Å². The number of likely N-dealkylation sites (N-methyl/N-ethyl adjacent to an activating group) is 1. The first-order valence-electron chi connectivity index (χ1n) is 6.34. The Bertz CT molecular complexity index is 189. The van der Waals surface area contributed by atoms with Gasteiger partial charge in [0.1, 0.15) is 0 Å². The van der Waals surface area contributed by atoms with Gasteiger partial charge in [-0.3, -0.25) is 4.99 Å².